The normalized spacial score (nSPS) is 10.7. The smallest absolute Gasteiger partial charge is 0.363 e. The highest BCUT2D eigenvalue weighted by atomic mass is 16.5. The zero-order chi connectivity index (χ0) is 15.4. The van der Waals surface area contributed by atoms with Gasteiger partial charge in [0.1, 0.15) is 5.75 Å². The first kappa shape index (κ1) is 14.8. The SMILES string of the molecule is CCOc1ccc(-n2nnc(C(=O)OC(C)C)c2N)cc1. The summed E-state index contributed by atoms with van der Waals surface area (Å²) >= 11 is 0. The first-order valence-corrected chi connectivity index (χ1v) is 6.68. The van der Waals surface area contributed by atoms with E-state index in [-0.39, 0.29) is 17.6 Å². The summed E-state index contributed by atoms with van der Waals surface area (Å²) in [5, 5.41) is 7.68. The van der Waals surface area contributed by atoms with Crippen LogP contribution in [0.5, 0.6) is 5.75 Å². The molecule has 7 nitrogen and oxygen atoms in total. The van der Waals surface area contributed by atoms with E-state index in [1.165, 1.54) is 4.68 Å². The lowest BCUT2D eigenvalue weighted by atomic mass is 10.3. The van der Waals surface area contributed by atoms with E-state index in [2.05, 4.69) is 10.3 Å². The first-order chi connectivity index (χ1) is 10.0. The third-order valence-corrected chi connectivity index (χ3v) is 2.63. The maximum atomic E-state index is 11.8. The van der Waals surface area contributed by atoms with Crippen LogP contribution in [0, 0.1) is 0 Å². The molecular formula is C14H18N4O3. The van der Waals surface area contributed by atoms with Crippen LogP contribution in [0.2, 0.25) is 0 Å². The number of rotatable bonds is 5. The summed E-state index contributed by atoms with van der Waals surface area (Å²) in [5.41, 5.74) is 6.61. The average Bonchev–Trinajstić information content (AvgIpc) is 2.81. The Hall–Kier alpha value is -2.57. The van der Waals surface area contributed by atoms with Crippen LogP contribution in [0.3, 0.4) is 0 Å². The second-order valence-electron chi connectivity index (χ2n) is 4.62. The van der Waals surface area contributed by atoms with Gasteiger partial charge in [0, 0.05) is 0 Å². The fourth-order valence-corrected chi connectivity index (χ4v) is 1.75. The molecule has 1 aromatic carbocycles. The third kappa shape index (κ3) is 3.31. The minimum atomic E-state index is -0.584. The molecule has 2 rings (SSSR count). The Morgan fingerprint density at radius 2 is 2.00 bits per heavy atom. The highest BCUT2D eigenvalue weighted by molar-refractivity contribution is 5.92. The molecule has 0 saturated heterocycles. The van der Waals surface area contributed by atoms with Crippen LogP contribution in [0.25, 0.3) is 5.69 Å². The summed E-state index contributed by atoms with van der Waals surface area (Å²) in [6.45, 7) is 6.02. The Kier molecular flexibility index (Phi) is 4.42. The summed E-state index contributed by atoms with van der Waals surface area (Å²) < 4.78 is 11.8. The minimum Gasteiger partial charge on any atom is -0.494 e. The maximum absolute atomic E-state index is 11.8. The van der Waals surface area contributed by atoms with Crippen molar-refractivity contribution < 1.29 is 14.3 Å². The molecule has 2 aromatic rings. The molecule has 0 aliphatic heterocycles. The average molecular weight is 290 g/mol. The van der Waals surface area contributed by atoms with E-state index in [1.54, 1.807) is 38.1 Å². The van der Waals surface area contributed by atoms with Crippen LogP contribution in [0.4, 0.5) is 5.82 Å². The number of nitrogens with two attached hydrogens (primary N) is 1. The van der Waals surface area contributed by atoms with Gasteiger partial charge < -0.3 is 15.2 Å². The topological polar surface area (TPSA) is 92.3 Å². The molecule has 0 spiro atoms. The van der Waals surface area contributed by atoms with Gasteiger partial charge >= 0.3 is 5.97 Å². The van der Waals surface area contributed by atoms with E-state index < -0.39 is 5.97 Å². The molecule has 2 N–H and O–H groups in total. The quantitative estimate of drug-likeness (QED) is 0.844. The molecule has 0 saturated carbocycles. The van der Waals surface area contributed by atoms with Crippen LogP contribution in [-0.4, -0.2) is 33.7 Å². The number of hydrogen-bond donors (Lipinski definition) is 1. The molecule has 0 bridgehead atoms. The van der Waals surface area contributed by atoms with Crippen LogP contribution in [-0.2, 0) is 4.74 Å². The van der Waals surface area contributed by atoms with Crippen molar-refractivity contribution in [2.24, 2.45) is 0 Å². The first-order valence-electron chi connectivity index (χ1n) is 6.68. The van der Waals surface area contributed by atoms with Gasteiger partial charge in [-0.05, 0) is 45.0 Å². The molecule has 0 radical (unpaired) electrons. The van der Waals surface area contributed by atoms with Gasteiger partial charge in [-0.25, -0.2) is 4.79 Å². The van der Waals surface area contributed by atoms with Crippen molar-refractivity contribution in [3.8, 4) is 11.4 Å². The molecule has 0 fully saturated rings. The lowest BCUT2D eigenvalue weighted by Crippen LogP contribution is -2.14. The van der Waals surface area contributed by atoms with E-state index in [4.69, 9.17) is 15.2 Å². The summed E-state index contributed by atoms with van der Waals surface area (Å²) in [7, 11) is 0. The number of carbonyl (C=O) groups excluding carboxylic acids is 1. The fraction of sp³-hybridized carbons (Fsp3) is 0.357. The standard InChI is InChI=1S/C14H18N4O3/c1-4-20-11-7-5-10(6-8-11)18-13(15)12(16-17-18)14(19)21-9(2)3/h5-9H,4,15H2,1-3H3. The van der Waals surface area contributed by atoms with E-state index in [9.17, 15) is 4.79 Å². The predicted molar refractivity (Wildman–Crippen MR) is 77.5 cm³/mol. The molecule has 0 aliphatic carbocycles. The van der Waals surface area contributed by atoms with Gasteiger partial charge in [-0.15, -0.1) is 5.10 Å². The van der Waals surface area contributed by atoms with E-state index >= 15 is 0 Å². The Bertz CT molecular complexity index is 620. The van der Waals surface area contributed by atoms with Crippen LogP contribution in [0.1, 0.15) is 31.3 Å². The van der Waals surface area contributed by atoms with Gasteiger partial charge in [0.05, 0.1) is 18.4 Å². The van der Waals surface area contributed by atoms with Crippen molar-refractivity contribution in [3.63, 3.8) is 0 Å². The number of benzene rings is 1. The molecule has 1 aromatic heterocycles. The summed E-state index contributed by atoms with van der Waals surface area (Å²) in [5.74, 6) is 0.309. The highest BCUT2D eigenvalue weighted by Gasteiger charge is 2.20. The van der Waals surface area contributed by atoms with Gasteiger partial charge in [-0.3, -0.25) is 0 Å². The molecule has 7 heteroatoms. The largest absolute Gasteiger partial charge is 0.494 e. The predicted octanol–water partition coefficient (Wildman–Crippen LogP) is 1.81. The number of anilines is 1. The monoisotopic (exact) mass is 290 g/mol. The van der Waals surface area contributed by atoms with Crippen molar-refractivity contribution in [3.05, 3.63) is 30.0 Å². The number of carbonyl (C=O) groups is 1. The van der Waals surface area contributed by atoms with Gasteiger partial charge in [0.15, 0.2) is 5.82 Å². The van der Waals surface area contributed by atoms with Crippen molar-refractivity contribution in [2.45, 2.75) is 26.9 Å². The van der Waals surface area contributed by atoms with Crippen molar-refractivity contribution in [1.82, 2.24) is 15.0 Å². The number of aromatic nitrogens is 3. The zero-order valence-electron chi connectivity index (χ0n) is 12.2. The van der Waals surface area contributed by atoms with Gasteiger partial charge in [-0.2, -0.15) is 4.68 Å². The molecule has 1 heterocycles. The van der Waals surface area contributed by atoms with Gasteiger partial charge in [0.2, 0.25) is 5.69 Å². The lowest BCUT2D eigenvalue weighted by Gasteiger charge is -2.07. The van der Waals surface area contributed by atoms with Crippen LogP contribution in [0.15, 0.2) is 24.3 Å². The molecule has 0 amide bonds. The fourth-order valence-electron chi connectivity index (χ4n) is 1.75. The Balaban J connectivity index is 2.25. The number of ether oxygens (including phenoxy) is 2. The number of nitrogen functional groups attached to an aromatic ring is 1. The Morgan fingerprint density at radius 1 is 1.33 bits per heavy atom. The van der Waals surface area contributed by atoms with Gasteiger partial charge in [-0.1, -0.05) is 5.21 Å². The zero-order valence-corrected chi connectivity index (χ0v) is 12.2. The van der Waals surface area contributed by atoms with Gasteiger partial charge in [0.25, 0.3) is 0 Å². The summed E-state index contributed by atoms with van der Waals surface area (Å²) in [6.07, 6.45) is -0.243. The highest BCUT2D eigenvalue weighted by Crippen LogP contribution is 2.19. The minimum absolute atomic E-state index is 0.0117. The van der Waals surface area contributed by atoms with E-state index in [0.717, 1.165) is 5.75 Å². The molecule has 21 heavy (non-hydrogen) atoms. The number of esters is 1. The molecular weight excluding hydrogens is 272 g/mol. The van der Waals surface area contributed by atoms with Crippen molar-refractivity contribution >= 4 is 11.8 Å². The molecule has 0 unspecified atom stereocenters. The van der Waals surface area contributed by atoms with E-state index in [1.807, 2.05) is 6.92 Å². The Morgan fingerprint density at radius 3 is 2.57 bits per heavy atom. The van der Waals surface area contributed by atoms with E-state index in [0.29, 0.717) is 12.3 Å². The Labute approximate surface area is 122 Å². The molecule has 0 aliphatic rings. The third-order valence-electron chi connectivity index (χ3n) is 2.63. The lowest BCUT2D eigenvalue weighted by molar-refractivity contribution is 0.0372. The van der Waals surface area contributed by atoms with Crippen molar-refractivity contribution in [2.75, 3.05) is 12.3 Å². The summed E-state index contributed by atoms with van der Waals surface area (Å²) in [4.78, 5) is 11.8. The molecule has 112 valence electrons. The number of nitrogens with zero attached hydrogens (tertiary/aromatic N) is 3. The maximum Gasteiger partial charge on any atom is 0.363 e. The number of hydrogen-bond acceptors (Lipinski definition) is 6. The van der Waals surface area contributed by atoms with Crippen LogP contribution < -0.4 is 10.5 Å². The summed E-state index contributed by atoms with van der Waals surface area (Å²) in [6, 6.07) is 7.17. The second kappa shape index (κ2) is 6.25. The van der Waals surface area contributed by atoms with Crippen molar-refractivity contribution in [1.29, 1.82) is 0 Å². The molecule has 0 atom stereocenters. The second-order valence-corrected chi connectivity index (χ2v) is 4.62. The van der Waals surface area contributed by atoms with Crippen LogP contribution >= 0.6 is 0 Å².